The molecule has 0 radical (unpaired) electrons. The molecule has 0 saturated heterocycles. The predicted molar refractivity (Wildman–Crippen MR) is 196 cm³/mol. The summed E-state index contributed by atoms with van der Waals surface area (Å²) in [5.74, 6) is -0.583. The van der Waals surface area contributed by atoms with Crippen LogP contribution in [0.2, 0.25) is 0 Å². The third-order valence-electron chi connectivity index (χ3n) is 9.06. The molecule has 0 aromatic carbocycles. The van der Waals surface area contributed by atoms with Crippen molar-refractivity contribution in [3.63, 3.8) is 0 Å². The Morgan fingerprint density at radius 3 is 1.17 bits per heavy atom. The van der Waals surface area contributed by atoms with Gasteiger partial charge in [0.1, 0.15) is 6.61 Å². The van der Waals surface area contributed by atoms with Crippen LogP contribution in [0.25, 0.3) is 0 Å². The number of aliphatic hydroxyl groups is 1. The largest absolute Gasteiger partial charge is 0.462 e. The van der Waals surface area contributed by atoms with Gasteiger partial charge in [-0.1, -0.05) is 180 Å². The van der Waals surface area contributed by atoms with Crippen molar-refractivity contribution >= 4 is 11.9 Å². The molecule has 1 N–H and O–H groups in total. The monoisotopic (exact) mass is 651 g/mol. The minimum absolute atomic E-state index is 0.0605. The van der Waals surface area contributed by atoms with Crippen LogP contribution in [0.4, 0.5) is 0 Å². The van der Waals surface area contributed by atoms with E-state index in [-0.39, 0.29) is 25.2 Å². The van der Waals surface area contributed by atoms with Gasteiger partial charge in [-0.2, -0.15) is 0 Å². The van der Waals surface area contributed by atoms with Crippen LogP contribution in [0.15, 0.2) is 12.2 Å². The zero-order valence-corrected chi connectivity index (χ0v) is 30.9. The van der Waals surface area contributed by atoms with Gasteiger partial charge in [0.2, 0.25) is 0 Å². The number of esters is 2. The average Bonchev–Trinajstić information content (AvgIpc) is 3.06. The van der Waals surface area contributed by atoms with Crippen molar-refractivity contribution in [1.82, 2.24) is 0 Å². The maximum atomic E-state index is 12.2. The number of carbonyl (C=O) groups excluding carboxylic acids is 2. The predicted octanol–water partition coefficient (Wildman–Crippen LogP) is 12.5. The lowest BCUT2D eigenvalue weighted by atomic mass is 10.0. The molecular weight excluding hydrogens is 572 g/mol. The van der Waals surface area contributed by atoms with E-state index in [1.54, 1.807) is 0 Å². The van der Waals surface area contributed by atoms with Crippen LogP contribution in [-0.4, -0.2) is 36.4 Å². The second-order valence-electron chi connectivity index (χ2n) is 13.7. The van der Waals surface area contributed by atoms with Gasteiger partial charge < -0.3 is 14.6 Å². The molecule has 0 amide bonds. The van der Waals surface area contributed by atoms with Crippen LogP contribution in [-0.2, 0) is 19.1 Å². The van der Waals surface area contributed by atoms with Crippen LogP contribution >= 0.6 is 0 Å². The third-order valence-corrected chi connectivity index (χ3v) is 9.06. The number of carbonyl (C=O) groups is 2. The lowest BCUT2D eigenvalue weighted by Crippen LogP contribution is -2.28. The first-order valence-electron chi connectivity index (χ1n) is 20.2. The molecule has 0 aliphatic rings. The quantitative estimate of drug-likeness (QED) is 0.0411. The molecule has 0 bridgehead atoms. The molecule has 272 valence electrons. The minimum Gasteiger partial charge on any atom is -0.462 e. The smallest absolute Gasteiger partial charge is 0.306 e. The van der Waals surface area contributed by atoms with E-state index in [1.807, 2.05) is 0 Å². The van der Waals surface area contributed by atoms with Gasteiger partial charge >= 0.3 is 11.9 Å². The highest BCUT2D eigenvalue weighted by atomic mass is 16.6. The van der Waals surface area contributed by atoms with Crippen LogP contribution < -0.4 is 0 Å². The van der Waals surface area contributed by atoms with Gasteiger partial charge in [-0.15, -0.1) is 0 Å². The molecule has 0 aliphatic heterocycles. The molecule has 5 heteroatoms. The Kier molecular flexibility index (Phi) is 37.0. The van der Waals surface area contributed by atoms with Crippen LogP contribution in [0.1, 0.15) is 219 Å². The molecule has 0 rings (SSSR count). The molecule has 0 aromatic heterocycles. The number of rotatable bonds is 37. The van der Waals surface area contributed by atoms with Gasteiger partial charge in [0.05, 0.1) is 6.61 Å². The maximum Gasteiger partial charge on any atom is 0.306 e. The lowest BCUT2D eigenvalue weighted by molar-refractivity contribution is -0.161. The third kappa shape index (κ3) is 35.5. The number of hydrogen-bond donors (Lipinski definition) is 1. The molecule has 0 aromatic rings. The number of ether oxygens (including phenoxy) is 2. The Labute approximate surface area is 286 Å². The summed E-state index contributed by atoms with van der Waals surface area (Å²) in [5.41, 5.74) is 0. The fraction of sp³-hybridized carbons (Fsp3) is 0.902. The summed E-state index contributed by atoms with van der Waals surface area (Å²) in [5, 5.41) is 9.55. The van der Waals surface area contributed by atoms with Gasteiger partial charge in [0.15, 0.2) is 6.10 Å². The highest BCUT2D eigenvalue weighted by Gasteiger charge is 2.16. The number of allylic oxidation sites excluding steroid dienone is 2. The van der Waals surface area contributed by atoms with E-state index in [0.717, 1.165) is 38.5 Å². The normalized spacial score (nSPS) is 12.2. The second-order valence-corrected chi connectivity index (χ2v) is 13.7. The van der Waals surface area contributed by atoms with Gasteiger partial charge in [0, 0.05) is 12.8 Å². The maximum absolute atomic E-state index is 12.2. The van der Waals surface area contributed by atoms with Crippen molar-refractivity contribution in [2.24, 2.45) is 0 Å². The molecule has 1 atom stereocenters. The van der Waals surface area contributed by atoms with E-state index in [4.69, 9.17) is 9.47 Å². The van der Waals surface area contributed by atoms with Gasteiger partial charge in [-0.3, -0.25) is 9.59 Å². The fourth-order valence-corrected chi connectivity index (χ4v) is 5.96. The summed E-state index contributed by atoms with van der Waals surface area (Å²) in [6.45, 7) is 4.15. The van der Waals surface area contributed by atoms with E-state index < -0.39 is 6.10 Å². The van der Waals surface area contributed by atoms with Crippen molar-refractivity contribution in [2.75, 3.05) is 13.2 Å². The Bertz CT molecular complexity index is 661. The summed E-state index contributed by atoms with van der Waals surface area (Å²) in [7, 11) is 0. The van der Waals surface area contributed by atoms with Gasteiger partial charge in [0.25, 0.3) is 0 Å². The summed E-state index contributed by atoms with van der Waals surface area (Å²) >= 11 is 0. The van der Waals surface area contributed by atoms with E-state index in [2.05, 4.69) is 26.0 Å². The van der Waals surface area contributed by atoms with Crippen LogP contribution in [0.3, 0.4) is 0 Å². The number of hydrogen-bond acceptors (Lipinski definition) is 5. The molecule has 0 saturated carbocycles. The standard InChI is InChI=1S/C41H78O5/c1-3-5-7-9-11-13-15-17-18-19-20-21-22-24-26-28-30-32-34-36-41(44)46-39(37-42)38-45-40(43)35-33-31-29-27-25-23-16-14-12-10-8-6-4-2/h17-18,39,42H,3-16,19-38H2,1-2H3/b18-17+/t39-/m0/s1. The molecule has 0 unspecified atom stereocenters. The fourth-order valence-electron chi connectivity index (χ4n) is 5.96. The van der Waals surface area contributed by atoms with E-state index >= 15 is 0 Å². The molecule has 5 nitrogen and oxygen atoms in total. The van der Waals surface area contributed by atoms with E-state index in [0.29, 0.717) is 12.8 Å². The zero-order valence-electron chi connectivity index (χ0n) is 30.9. The van der Waals surface area contributed by atoms with Crippen molar-refractivity contribution in [3.8, 4) is 0 Å². The number of aliphatic hydroxyl groups excluding tert-OH is 1. The van der Waals surface area contributed by atoms with Crippen LogP contribution in [0, 0.1) is 0 Å². The van der Waals surface area contributed by atoms with Gasteiger partial charge in [-0.25, -0.2) is 0 Å². The lowest BCUT2D eigenvalue weighted by Gasteiger charge is -2.15. The number of unbranched alkanes of at least 4 members (excludes halogenated alkanes) is 27. The van der Waals surface area contributed by atoms with E-state index in [9.17, 15) is 14.7 Å². The van der Waals surface area contributed by atoms with Crippen molar-refractivity contribution in [3.05, 3.63) is 12.2 Å². The zero-order chi connectivity index (χ0) is 33.6. The Morgan fingerprint density at radius 2 is 0.804 bits per heavy atom. The van der Waals surface area contributed by atoms with Gasteiger partial charge in [-0.05, 0) is 38.5 Å². The molecular formula is C41H78O5. The summed E-state index contributed by atoms with van der Waals surface area (Å²) in [4.78, 5) is 24.2. The molecule has 0 spiro atoms. The molecule has 0 fully saturated rings. The highest BCUT2D eigenvalue weighted by molar-refractivity contribution is 5.70. The molecule has 0 aliphatic carbocycles. The molecule has 0 heterocycles. The van der Waals surface area contributed by atoms with Crippen LogP contribution in [0.5, 0.6) is 0 Å². The Balaban J connectivity index is 3.50. The average molecular weight is 651 g/mol. The first-order valence-corrected chi connectivity index (χ1v) is 20.2. The second kappa shape index (κ2) is 38.1. The highest BCUT2D eigenvalue weighted by Crippen LogP contribution is 2.15. The molecule has 46 heavy (non-hydrogen) atoms. The first kappa shape index (κ1) is 44.6. The van der Waals surface area contributed by atoms with Crippen molar-refractivity contribution in [1.29, 1.82) is 0 Å². The summed E-state index contributed by atoms with van der Waals surface area (Å²) < 4.78 is 10.6. The Hall–Kier alpha value is -1.36. The summed E-state index contributed by atoms with van der Waals surface area (Å²) in [6, 6.07) is 0. The topological polar surface area (TPSA) is 72.8 Å². The Morgan fingerprint density at radius 1 is 0.478 bits per heavy atom. The van der Waals surface area contributed by atoms with Crippen molar-refractivity contribution in [2.45, 2.75) is 225 Å². The van der Waals surface area contributed by atoms with Crippen molar-refractivity contribution < 1.29 is 24.2 Å². The summed E-state index contributed by atoms with van der Waals surface area (Å²) in [6.07, 6.45) is 42.7. The minimum atomic E-state index is -0.765. The SMILES string of the molecule is CCCCCCCC/C=C/CCCCCCCCCCCC(=O)O[C@@H](CO)COC(=O)CCCCCCCCCCCCCCC. The van der Waals surface area contributed by atoms with E-state index in [1.165, 1.54) is 154 Å². The first-order chi connectivity index (χ1) is 22.6.